The molecule has 0 aromatic heterocycles. The van der Waals surface area contributed by atoms with Gasteiger partial charge in [-0.25, -0.2) is 0 Å². The molecule has 100 valence electrons. The molecule has 18 heavy (non-hydrogen) atoms. The van der Waals surface area contributed by atoms with E-state index in [0.29, 0.717) is 12.0 Å². The van der Waals surface area contributed by atoms with Gasteiger partial charge in [0.15, 0.2) is 0 Å². The summed E-state index contributed by atoms with van der Waals surface area (Å²) in [6.07, 6.45) is 0. The van der Waals surface area contributed by atoms with Crippen LogP contribution in [0.25, 0.3) is 0 Å². The third-order valence-electron chi connectivity index (χ3n) is 3.72. The predicted molar refractivity (Wildman–Crippen MR) is 79.6 cm³/mol. The third-order valence-corrected chi connectivity index (χ3v) is 3.72. The Bertz CT molecular complexity index is 387. The molecular weight excluding hydrogens is 222 g/mol. The average Bonchev–Trinajstić information content (AvgIpc) is 2.39. The fourth-order valence-electron chi connectivity index (χ4n) is 2.43. The van der Waals surface area contributed by atoms with Gasteiger partial charge in [0, 0.05) is 51.1 Å². The molecule has 1 aliphatic rings. The minimum atomic E-state index is 0.599. The van der Waals surface area contributed by atoms with Gasteiger partial charge < -0.3 is 15.1 Å². The third kappa shape index (κ3) is 2.96. The second-order valence-electron chi connectivity index (χ2n) is 5.66. The highest BCUT2D eigenvalue weighted by Crippen LogP contribution is 2.23. The molecule has 3 nitrogen and oxygen atoms in total. The highest BCUT2D eigenvalue weighted by Gasteiger charge is 2.21. The van der Waals surface area contributed by atoms with E-state index in [1.54, 1.807) is 0 Å². The van der Waals surface area contributed by atoms with Crippen LogP contribution in [0, 0.1) is 5.92 Å². The molecule has 1 fully saturated rings. The standard InChI is InChI=1S/C15H25N3/c1-12(2)15-11-18(9-8-16-15)14-7-5-6-13(10-14)17(3)4/h5-7,10,12,15-16H,8-9,11H2,1-4H3. The lowest BCUT2D eigenvalue weighted by Gasteiger charge is -2.37. The molecule has 0 aliphatic carbocycles. The Morgan fingerprint density at radius 1 is 1.33 bits per heavy atom. The molecular formula is C15H25N3. The normalized spacial score (nSPS) is 20.3. The first-order chi connectivity index (χ1) is 8.58. The Balaban J connectivity index is 2.13. The summed E-state index contributed by atoms with van der Waals surface area (Å²) in [4.78, 5) is 4.65. The number of anilines is 2. The maximum Gasteiger partial charge on any atom is 0.0387 e. The van der Waals surface area contributed by atoms with Gasteiger partial charge in [-0.05, 0) is 24.1 Å². The van der Waals surface area contributed by atoms with E-state index < -0.39 is 0 Å². The Hall–Kier alpha value is -1.22. The zero-order chi connectivity index (χ0) is 13.1. The monoisotopic (exact) mass is 247 g/mol. The summed E-state index contributed by atoms with van der Waals surface area (Å²) in [5.74, 6) is 0.685. The zero-order valence-electron chi connectivity index (χ0n) is 12.0. The number of nitrogens with one attached hydrogen (secondary N) is 1. The summed E-state index contributed by atoms with van der Waals surface area (Å²) < 4.78 is 0. The first-order valence-electron chi connectivity index (χ1n) is 6.83. The van der Waals surface area contributed by atoms with Gasteiger partial charge in [0.25, 0.3) is 0 Å². The van der Waals surface area contributed by atoms with Gasteiger partial charge in [-0.15, -0.1) is 0 Å². The number of rotatable bonds is 3. The lowest BCUT2D eigenvalue weighted by Crippen LogP contribution is -2.53. The van der Waals surface area contributed by atoms with Crippen molar-refractivity contribution in [2.24, 2.45) is 5.92 Å². The van der Waals surface area contributed by atoms with E-state index in [4.69, 9.17) is 0 Å². The molecule has 0 saturated carbocycles. The summed E-state index contributed by atoms with van der Waals surface area (Å²) >= 11 is 0. The summed E-state index contributed by atoms with van der Waals surface area (Å²) in [5, 5.41) is 3.60. The summed E-state index contributed by atoms with van der Waals surface area (Å²) in [6, 6.07) is 9.41. The van der Waals surface area contributed by atoms with Crippen LogP contribution in [0.3, 0.4) is 0 Å². The molecule has 1 aromatic carbocycles. The molecule has 0 bridgehead atoms. The summed E-state index contributed by atoms with van der Waals surface area (Å²) in [7, 11) is 4.18. The summed E-state index contributed by atoms with van der Waals surface area (Å²) in [5.41, 5.74) is 2.61. The highest BCUT2D eigenvalue weighted by molar-refractivity contribution is 5.59. The van der Waals surface area contributed by atoms with Crippen LogP contribution in [-0.4, -0.2) is 39.8 Å². The van der Waals surface area contributed by atoms with Crippen molar-refractivity contribution in [2.75, 3.05) is 43.5 Å². The van der Waals surface area contributed by atoms with Crippen LogP contribution >= 0.6 is 0 Å². The highest BCUT2D eigenvalue weighted by atomic mass is 15.2. The molecule has 2 rings (SSSR count). The van der Waals surface area contributed by atoms with E-state index in [-0.39, 0.29) is 0 Å². The predicted octanol–water partition coefficient (Wildman–Crippen LogP) is 2.19. The van der Waals surface area contributed by atoms with Crippen LogP contribution in [0.5, 0.6) is 0 Å². The van der Waals surface area contributed by atoms with Crippen molar-refractivity contribution < 1.29 is 0 Å². The minimum Gasteiger partial charge on any atom is -0.378 e. The van der Waals surface area contributed by atoms with E-state index in [1.807, 2.05) is 0 Å². The van der Waals surface area contributed by atoms with Crippen LogP contribution in [0.2, 0.25) is 0 Å². The Labute approximate surface area is 111 Å². The Kier molecular flexibility index (Phi) is 4.12. The smallest absolute Gasteiger partial charge is 0.0387 e. The van der Waals surface area contributed by atoms with Crippen LogP contribution in [0.4, 0.5) is 11.4 Å². The average molecular weight is 247 g/mol. The quantitative estimate of drug-likeness (QED) is 0.883. The van der Waals surface area contributed by atoms with E-state index >= 15 is 0 Å². The van der Waals surface area contributed by atoms with E-state index in [2.05, 4.69) is 67.3 Å². The number of hydrogen-bond acceptors (Lipinski definition) is 3. The van der Waals surface area contributed by atoms with Crippen molar-refractivity contribution in [3.8, 4) is 0 Å². The van der Waals surface area contributed by atoms with Gasteiger partial charge in [-0.3, -0.25) is 0 Å². The fraction of sp³-hybridized carbons (Fsp3) is 0.600. The number of nitrogens with zero attached hydrogens (tertiary/aromatic N) is 2. The molecule has 3 heteroatoms. The lowest BCUT2D eigenvalue weighted by molar-refractivity contribution is 0.368. The maximum absolute atomic E-state index is 3.60. The lowest BCUT2D eigenvalue weighted by atomic mass is 10.0. The summed E-state index contributed by atoms with van der Waals surface area (Å²) in [6.45, 7) is 7.86. The first-order valence-corrected chi connectivity index (χ1v) is 6.83. The van der Waals surface area contributed by atoms with Crippen LogP contribution < -0.4 is 15.1 Å². The molecule has 1 aliphatic heterocycles. The van der Waals surface area contributed by atoms with Gasteiger partial charge in [0.1, 0.15) is 0 Å². The number of benzene rings is 1. The van der Waals surface area contributed by atoms with Gasteiger partial charge in [-0.2, -0.15) is 0 Å². The van der Waals surface area contributed by atoms with Crippen molar-refractivity contribution in [1.82, 2.24) is 5.32 Å². The molecule has 0 spiro atoms. The first kappa shape index (κ1) is 13.2. The SMILES string of the molecule is CC(C)C1CN(c2cccc(N(C)C)c2)CCN1. The number of hydrogen-bond donors (Lipinski definition) is 1. The molecule has 0 radical (unpaired) electrons. The van der Waals surface area contributed by atoms with Crippen molar-refractivity contribution >= 4 is 11.4 Å². The fourth-order valence-corrected chi connectivity index (χ4v) is 2.43. The van der Waals surface area contributed by atoms with Gasteiger partial charge >= 0.3 is 0 Å². The molecule has 1 unspecified atom stereocenters. The van der Waals surface area contributed by atoms with E-state index in [9.17, 15) is 0 Å². The van der Waals surface area contributed by atoms with Crippen LogP contribution in [0.1, 0.15) is 13.8 Å². The van der Waals surface area contributed by atoms with Crippen molar-refractivity contribution in [3.05, 3.63) is 24.3 Å². The van der Waals surface area contributed by atoms with Crippen molar-refractivity contribution in [2.45, 2.75) is 19.9 Å². The maximum atomic E-state index is 3.60. The van der Waals surface area contributed by atoms with E-state index in [1.165, 1.54) is 11.4 Å². The zero-order valence-corrected chi connectivity index (χ0v) is 12.0. The van der Waals surface area contributed by atoms with E-state index in [0.717, 1.165) is 19.6 Å². The molecule has 1 heterocycles. The Morgan fingerprint density at radius 3 is 2.78 bits per heavy atom. The largest absolute Gasteiger partial charge is 0.378 e. The second kappa shape index (κ2) is 5.61. The van der Waals surface area contributed by atoms with Crippen molar-refractivity contribution in [3.63, 3.8) is 0 Å². The molecule has 0 amide bonds. The number of piperazine rings is 1. The topological polar surface area (TPSA) is 18.5 Å². The molecule has 1 saturated heterocycles. The van der Waals surface area contributed by atoms with Gasteiger partial charge in [-0.1, -0.05) is 19.9 Å². The molecule has 1 N–H and O–H groups in total. The van der Waals surface area contributed by atoms with Crippen LogP contribution in [0.15, 0.2) is 24.3 Å². The van der Waals surface area contributed by atoms with Crippen LogP contribution in [-0.2, 0) is 0 Å². The second-order valence-corrected chi connectivity index (χ2v) is 5.66. The van der Waals surface area contributed by atoms with Crippen molar-refractivity contribution in [1.29, 1.82) is 0 Å². The Morgan fingerprint density at radius 2 is 2.11 bits per heavy atom. The van der Waals surface area contributed by atoms with Gasteiger partial charge in [0.2, 0.25) is 0 Å². The molecule has 1 atom stereocenters. The van der Waals surface area contributed by atoms with Gasteiger partial charge in [0.05, 0.1) is 0 Å². The molecule has 1 aromatic rings. The minimum absolute atomic E-state index is 0.599.